The largest absolute Gasteiger partial charge is 0.507 e. The number of nitrogens with one attached hydrogen (secondary N) is 2. The van der Waals surface area contributed by atoms with Crippen molar-refractivity contribution >= 4 is 18.2 Å². The second-order valence-electron chi connectivity index (χ2n) is 3.91. The van der Waals surface area contributed by atoms with Gasteiger partial charge in [-0.3, -0.25) is 4.79 Å². The highest BCUT2D eigenvalue weighted by Crippen LogP contribution is 2.12. The second kappa shape index (κ2) is 7.00. The number of rotatable bonds is 4. The molecule has 0 saturated carbocycles. The van der Waals surface area contributed by atoms with Crippen LogP contribution in [0.25, 0.3) is 0 Å². The van der Waals surface area contributed by atoms with Gasteiger partial charge < -0.3 is 15.3 Å². The van der Waals surface area contributed by atoms with Gasteiger partial charge in [-0.15, -0.1) is 0 Å². The first-order valence-corrected chi connectivity index (χ1v) is 5.55. The number of nitrogens with zero attached hydrogens (tertiary/aromatic N) is 2. The summed E-state index contributed by atoms with van der Waals surface area (Å²) in [6.45, 7) is -0.172. The van der Waals surface area contributed by atoms with E-state index in [2.05, 4.69) is 15.8 Å². The van der Waals surface area contributed by atoms with E-state index in [0.717, 1.165) is 0 Å². The average molecular weight is 264 g/mol. The average Bonchev–Trinajstić information content (AvgIpc) is 2.38. The normalized spacial score (nSPS) is 10.2. The highest BCUT2D eigenvalue weighted by atomic mass is 16.3. The monoisotopic (exact) mass is 264 g/mol. The van der Waals surface area contributed by atoms with Crippen LogP contribution in [0.5, 0.6) is 5.75 Å². The van der Waals surface area contributed by atoms with Gasteiger partial charge in [0, 0.05) is 19.7 Å². The molecule has 0 heterocycles. The topological polar surface area (TPSA) is 94.0 Å². The summed E-state index contributed by atoms with van der Waals surface area (Å²) in [5.41, 5.74) is 2.73. The molecule has 0 unspecified atom stereocenters. The van der Waals surface area contributed by atoms with E-state index in [4.69, 9.17) is 0 Å². The van der Waals surface area contributed by atoms with E-state index in [9.17, 15) is 14.7 Å². The molecule has 0 aliphatic heterocycles. The summed E-state index contributed by atoms with van der Waals surface area (Å²) in [6.07, 6.45) is 1.32. The van der Waals surface area contributed by atoms with Crippen LogP contribution in [0.15, 0.2) is 29.4 Å². The van der Waals surface area contributed by atoms with Crippen LogP contribution in [-0.2, 0) is 4.79 Å². The van der Waals surface area contributed by atoms with E-state index in [1.807, 2.05) is 0 Å². The Bertz CT molecular complexity index is 486. The summed E-state index contributed by atoms with van der Waals surface area (Å²) in [4.78, 5) is 23.8. The van der Waals surface area contributed by atoms with Crippen LogP contribution in [0.4, 0.5) is 4.79 Å². The van der Waals surface area contributed by atoms with Crippen molar-refractivity contribution in [1.29, 1.82) is 0 Å². The summed E-state index contributed by atoms with van der Waals surface area (Å²) >= 11 is 0. The molecule has 1 aromatic carbocycles. The number of aromatic hydroxyl groups is 1. The van der Waals surface area contributed by atoms with Crippen molar-refractivity contribution in [2.24, 2.45) is 5.10 Å². The first-order valence-electron chi connectivity index (χ1n) is 5.55. The number of benzene rings is 1. The maximum absolute atomic E-state index is 11.3. The minimum Gasteiger partial charge on any atom is -0.507 e. The van der Waals surface area contributed by atoms with Crippen LogP contribution < -0.4 is 10.7 Å². The lowest BCUT2D eigenvalue weighted by Crippen LogP contribution is -2.40. The Morgan fingerprint density at radius 3 is 2.68 bits per heavy atom. The van der Waals surface area contributed by atoms with Gasteiger partial charge in [0.15, 0.2) is 0 Å². The Morgan fingerprint density at radius 1 is 1.37 bits per heavy atom. The fraction of sp³-hybridized carbons (Fsp3) is 0.250. The minimum atomic E-state index is -0.457. The lowest BCUT2D eigenvalue weighted by molar-refractivity contribution is -0.120. The molecule has 0 radical (unpaired) electrons. The van der Waals surface area contributed by atoms with Gasteiger partial charge in [-0.05, 0) is 12.1 Å². The van der Waals surface area contributed by atoms with Crippen LogP contribution >= 0.6 is 0 Å². The molecule has 0 spiro atoms. The molecular formula is C12H16N4O3. The quantitative estimate of drug-likeness (QED) is 0.532. The number of urea groups is 1. The summed E-state index contributed by atoms with van der Waals surface area (Å²) in [6, 6.07) is 6.22. The van der Waals surface area contributed by atoms with Crippen molar-refractivity contribution in [2.75, 3.05) is 20.6 Å². The number of hydrogen-bond donors (Lipinski definition) is 3. The standard InChI is InChI=1S/C12H16N4O3/c1-16(2)12(19)13-8-11(18)15-14-7-9-5-3-4-6-10(9)17/h3-7,17H,8H2,1-2H3,(H,13,19)(H,15,18)/b14-7+. The smallest absolute Gasteiger partial charge is 0.317 e. The Morgan fingerprint density at radius 2 is 2.05 bits per heavy atom. The third-order valence-corrected chi connectivity index (χ3v) is 2.14. The number of hydrazone groups is 1. The van der Waals surface area contributed by atoms with E-state index in [1.165, 1.54) is 17.2 Å². The summed E-state index contributed by atoms with van der Waals surface area (Å²) in [7, 11) is 3.15. The van der Waals surface area contributed by atoms with Crippen molar-refractivity contribution in [2.45, 2.75) is 0 Å². The van der Waals surface area contributed by atoms with Crippen LogP contribution in [0.1, 0.15) is 5.56 Å². The maximum atomic E-state index is 11.3. The Kier molecular flexibility index (Phi) is 5.34. The molecule has 0 atom stereocenters. The molecule has 19 heavy (non-hydrogen) atoms. The lowest BCUT2D eigenvalue weighted by Gasteiger charge is -2.10. The van der Waals surface area contributed by atoms with Crippen LogP contribution in [0.3, 0.4) is 0 Å². The summed E-state index contributed by atoms with van der Waals surface area (Å²) < 4.78 is 0. The van der Waals surface area contributed by atoms with Crippen molar-refractivity contribution in [3.8, 4) is 5.75 Å². The molecule has 7 heteroatoms. The Balaban J connectivity index is 2.38. The number of hydrogen-bond acceptors (Lipinski definition) is 4. The van der Waals surface area contributed by atoms with Crippen molar-refractivity contribution in [3.63, 3.8) is 0 Å². The molecule has 3 N–H and O–H groups in total. The zero-order valence-corrected chi connectivity index (χ0v) is 10.8. The van der Waals surface area contributed by atoms with Gasteiger partial charge in [-0.2, -0.15) is 5.10 Å². The number of carbonyl (C=O) groups is 2. The molecular weight excluding hydrogens is 248 g/mol. The fourth-order valence-electron chi connectivity index (χ4n) is 1.12. The van der Waals surface area contributed by atoms with Gasteiger partial charge in [-0.25, -0.2) is 10.2 Å². The van der Waals surface area contributed by atoms with E-state index in [1.54, 1.807) is 32.3 Å². The molecule has 0 saturated heterocycles. The molecule has 3 amide bonds. The highest BCUT2D eigenvalue weighted by molar-refractivity contribution is 5.86. The Labute approximate surface area is 110 Å². The maximum Gasteiger partial charge on any atom is 0.317 e. The van der Waals surface area contributed by atoms with Crippen LogP contribution in [-0.4, -0.2) is 48.8 Å². The molecule has 0 fully saturated rings. The van der Waals surface area contributed by atoms with E-state index in [-0.39, 0.29) is 18.3 Å². The van der Waals surface area contributed by atoms with E-state index < -0.39 is 5.91 Å². The minimum absolute atomic E-state index is 0.0707. The number of para-hydroxylation sites is 1. The molecule has 1 aromatic rings. The predicted molar refractivity (Wildman–Crippen MR) is 70.9 cm³/mol. The van der Waals surface area contributed by atoms with Crippen molar-refractivity contribution in [1.82, 2.24) is 15.6 Å². The summed E-state index contributed by atoms with van der Waals surface area (Å²) in [5.74, 6) is -0.386. The van der Waals surface area contributed by atoms with Gasteiger partial charge in [0.2, 0.25) is 0 Å². The number of phenols is 1. The predicted octanol–water partition coefficient (Wildman–Crippen LogP) is 0.114. The third-order valence-electron chi connectivity index (χ3n) is 2.14. The molecule has 0 aliphatic carbocycles. The molecule has 1 rings (SSSR count). The van der Waals surface area contributed by atoms with Crippen molar-refractivity contribution in [3.05, 3.63) is 29.8 Å². The fourth-order valence-corrected chi connectivity index (χ4v) is 1.12. The first-order chi connectivity index (χ1) is 9.00. The lowest BCUT2D eigenvalue weighted by atomic mass is 10.2. The molecule has 0 bridgehead atoms. The highest BCUT2D eigenvalue weighted by Gasteiger charge is 2.05. The Hall–Kier alpha value is -2.57. The zero-order chi connectivity index (χ0) is 14.3. The molecule has 0 aliphatic rings. The SMILES string of the molecule is CN(C)C(=O)NCC(=O)N/N=C/c1ccccc1O. The molecule has 102 valence electrons. The number of amides is 3. The van der Waals surface area contributed by atoms with Gasteiger partial charge in [0.25, 0.3) is 5.91 Å². The van der Waals surface area contributed by atoms with E-state index in [0.29, 0.717) is 5.56 Å². The number of phenolic OH excluding ortho intramolecular Hbond substituents is 1. The third kappa shape index (κ3) is 5.07. The van der Waals surface area contributed by atoms with Crippen LogP contribution in [0.2, 0.25) is 0 Å². The number of carbonyl (C=O) groups excluding carboxylic acids is 2. The zero-order valence-electron chi connectivity index (χ0n) is 10.8. The first kappa shape index (κ1) is 14.5. The van der Waals surface area contributed by atoms with E-state index >= 15 is 0 Å². The van der Waals surface area contributed by atoms with Gasteiger partial charge in [0.1, 0.15) is 12.3 Å². The van der Waals surface area contributed by atoms with Gasteiger partial charge >= 0.3 is 6.03 Å². The van der Waals surface area contributed by atoms with Crippen LogP contribution in [0, 0.1) is 0 Å². The molecule has 7 nitrogen and oxygen atoms in total. The van der Waals surface area contributed by atoms with Gasteiger partial charge in [-0.1, -0.05) is 12.1 Å². The molecule has 0 aromatic heterocycles. The summed E-state index contributed by atoms with van der Waals surface area (Å²) in [5, 5.41) is 15.5. The van der Waals surface area contributed by atoms with Crippen molar-refractivity contribution < 1.29 is 14.7 Å². The van der Waals surface area contributed by atoms with Gasteiger partial charge in [0.05, 0.1) is 6.21 Å². The second-order valence-corrected chi connectivity index (χ2v) is 3.91.